The van der Waals surface area contributed by atoms with Crippen LogP contribution in [0.25, 0.3) is 0 Å². The van der Waals surface area contributed by atoms with Crippen LogP contribution in [-0.2, 0) is 10.0 Å². The first-order valence-electron chi connectivity index (χ1n) is 6.67. The van der Waals surface area contributed by atoms with Crippen LogP contribution in [0.15, 0.2) is 0 Å². The van der Waals surface area contributed by atoms with Gasteiger partial charge in [0.15, 0.2) is 0 Å². The maximum Gasteiger partial charge on any atom is 0.390 e. The fraction of sp³-hybridized carbons (Fsp3) is 1.00. The maximum atomic E-state index is 12.1. The van der Waals surface area contributed by atoms with Gasteiger partial charge in [-0.1, -0.05) is 13.3 Å². The van der Waals surface area contributed by atoms with Gasteiger partial charge in [0.05, 0.1) is 12.2 Å². The third-order valence-electron chi connectivity index (χ3n) is 4.39. The standard InChI is InChI=1S/C12H20F3NO2S/c1-10-2-3-11(8-10)4-6-16(9-11)19(17,18)7-5-12(13,14)15/h10H,2-9H2,1H3/t10-,11+/m1/s1. The number of nitrogens with zero attached hydrogens (tertiary/aromatic N) is 1. The van der Waals surface area contributed by atoms with Crippen molar-refractivity contribution in [3.63, 3.8) is 0 Å². The van der Waals surface area contributed by atoms with E-state index in [1.54, 1.807) is 0 Å². The van der Waals surface area contributed by atoms with Gasteiger partial charge in [-0.05, 0) is 30.6 Å². The lowest BCUT2D eigenvalue weighted by molar-refractivity contribution is -0.130. The summed E-state index contributed by atoms with van der Waals surface area (Å²) < 4.78 is 61.5. The molecule has 0 radical (unpaired) electrons. The van der Waals surface area contributed by atoms with E-state index in [-0.39, 0.29) is 5.41 Å². The van der Waals surface area contributed by atoms with Crippen molar-refractivity contribution in [2.24, 2.45) is 11.3 Å². The van der Waals surface area contributed by atoms with Crippen LogP contribution in [0.4, 0.5) is 13.2 Å². The number of hydrogen-bond donors (Lipinski definition) is 0. The molecule has 1 saturated carbocycles. The molecule has 0 amide bonds. The predicted molar refractivity (Wildman–Crippen MR) is 66.1 cm³/mol. The molecule has 0 bridgehead atoms. The largest absolute Gasteiger partial charge is 0.390 e. The molecule has 7 heteroatoms. The molecule has 112 valence electrons. The molecule has 3 nitrogen and oxygen atoms in total. The van der Waals surface area contributed by atoms with Crippen molar-refractivity contribution >= 4 is 10.0 Å². The molecule has 2 rings (SSSR count). The van der Waals surface area contributed by atoms with Gasteiger partial charge in [-0.2, -0.15) is 13.2 Å². The lowest BCUT2D eigenvalue weighted by Crippen LogP contribution is -2.34. The molecule has 19 heavy (non-hydrogen) atoms. The lowest BCUT2D eigenvalue weighted by Gasteiger charge is -2.24. The van der Waals surface area contributed by atoms with E-state index in [1.807, 2.05) is 0 Å². The van der Waals surface area contributed by atoms with E-state index in [0.717, 1.165) is 25.7 Å². The molecule has 0 unspecified atom stereocenters. The minimum absolute atomic E-state index is 0.0325. The van der Waals surface area contributed by atoms with Crippen molar-refractivity contribution in [1.82, 2.24) is 4.31 Å². The number of halogens is 3. The zero-order chi connectivity index (χ0) is 14.3. The molecule has 1 saturated heterocycles. The van der Waals surface area contributed by atoms with Crippen molar-refractivity contribution in [2.75, 3.05) is 18.8 Å². The Labute approximate surface area is 112 Å². The van der Waals surface area contributed by atoms with E-state index >= 15 is 0 Å². The summed E-state index contributed by atoms with van der Waals surface area (Å²) in [6.45, 7) is 2.94. The van der Waals surface area contributed by atoms with Gasteiger partial charge in [0.1, 0.15) is 0 Å². The van der Waals surface area contributed by atoms with Crippen LogP contribution < -0.4 is 0 Å². The van der Waals surface area contributed by atoms with Crippen molar-refractivity contribution in [3.8, 4) is 0 Å². The van der Waals surface area contributed by atoms with Crippen LogP contribution in [-0.4, -0.2) is 37.7 Å². The van der Waals surface area contributed by atoms with Crippen molar-refractivity contribution in [3.05, 3.63) is 0 Å². The Bertz CT molecular complexity index is 435. The first kappa shape index (κ1) is 15.1. The SMILES string of the molecule is C[C@@H]1CC[C@]2(CCN(S(=O)(=O)CCC(F)(F)F)C2)C1. The van der Waals surface area contributed by atoms with Crippen LogP contribution >= 0.6 is 0 Å². The molecule has 1 spiro atoms. The van der Waals surface area contributed by atoms with Crippen molar-refractivity contribution < 1.29 is 21.6 Å². The molecule has 1 aliphatic heterocycles. The quantitative estimate of drug-likeness (QED) is 0.803. The maximum absolute atomic E-state index is 12.1. The van der Waals surface area contributed by atoms with E-state index in [0.29, 0.717) is 19.0 Å². The zero-order valence-corrected chi connectivity index (χ0v) is 11.9. The van der Waals surface area contributed by atoms with Crippen LogP contribution in [0.1, 0.15) is 39.0 Å². The Morgan fingerprint density at radius 1 is 1.32 bits per heavy atom. The van der Waals surface area contributed by atoms with E-state index in [9.17, 15) is 21.6 Å². The molecular weight excluding hydrogens is 279 g/mol. The zero-order valence-electron chi connectivity index (χ0n) is 11.0. The van der Waals surface area contributed by atoms with E-state index < -0.39 is 28.4 Å². The molecule has 0 aromatic carbocycles. The summed E-state index contributed by atoms with van der Waals surface area (Å²) in [5, 5.41) is 0. The molecule has 1 aliphatic carbocycles. The third kappa shape index (κ3) is 3.62. The Morgan fingerprint density at radius 3 is 2.53 bits per heavy atom. The average Bonchev–Trinajstić information content (AvgIpc) is 2.84. The predicted octanol–water partition coefficient (Wildman–Crippen LogP) is 2.78. The van der Waals surface area contributed by atoms with Gasteiger partial charge in [0.25, 0.3) is 0 Å². The fourth-order valence-corrected chi connectivity index (χ4v) is 4.96. The van der Waals surface area contributed by atoms with Crippen molar-refractivity contribution in [2.45, 2.75) is 45.2 Å². The highest BCUT2D eigenvalue weighted by Crippen LogP contribution is 2.48. The van der Waals surface area contributed by atoms with Crippen LogP contribution in [0.5, 0.6) is 0 Å². The van der Waals surface area contributed by atoms with Gasteiger partial charge in [0.2, 0.25) is 10.0 Å². The van der Waals surface area contributed by atoms with Crippen LogP contribution in [0.3, 0.4) is 0 Å². The third-order valence-corrected chi connectivity index (χ3v) is 6.21. The Balaban J connectivity index is 1.96. The van der Waals surface area contributed by atoms with Gasteiger partial charge < -0.3 is 0 Å². The minimum Gasteiger partial charge on any atom is -0.212 e. The second-order valence-electron chi connectivity index (χ2n) is 6.11. The number of alkyl halides is 3. The monoisotopic (exact) mass is 299 g/mol. The van der Waals surface area contributed by atoms with Gasteiger partial charge in [0, 0.05) is 13.1 Å². The topological polar surface area (TPSA) is 37.4 Å². The smallest absolute Gasteiger partial charge is 0.212 e. The summed E-state index contributed by atoms with van der Waals surface area (Å²) in [6, 6.07) is 0. The lowest BCUT2D eigenvalue weighted by atomic mass is 9.85. The molecule has 2 aliphatic rings. The van der Waals surface area contributed by atoms with Crippen molar-refractivity contribution in [1.29, 1.82) is 0 Å². The highest BCUT2D eigenvalue weighted by atomic mass is 32.2. The van der Waals surface area contributed by atoms with Crippen LogP contribution in [0, 0.1) is 11.3 Å². The fourth-order valence-electron chi connectivity index (χ4n) is 3.37. The summed E-state index contributed by atoms with van der Waals surface area (Å²) in [5.74, 6) is -0.222. The normalized spacial score (nSPS) is 33.4. The first-order chi connectivity index (χ1) is 8.62. The highest BCUT2D eigenvalue weighted by molar-refractivity contribution is 7.89. The molecule has 0 aromatic rings. The molecule has 2 atom stereocenters. The molecule has 0 N–H and O–H groups in total. The van der Waals surface area contributed by atoms with E-state index in [1.165, 1.54) is 4.31 Å². The summed E-state index contributed by atoms with van der Waals surface area (Å²) in [7, 11) is -3.76. The van der Waals surface area contributed by atoms with Gasteiger partial charge >= 0.3 is 6.18 Å². The Hall–Kier alpha value is -0.300. The highest BCUT2D eigenvalue weighted by Gasteiger charge is 2.46. The summed E-state index contributed by atoms with van der Waals surface area (Å²) in [5.41, 5.74) is 0.0325. The first-order valence-corrected chi connectivity index (χ1v) is 8.27. The molecule has 1 heterocycles. The summed E-state index contributed by atoms with van der Waals surface area (Å²) >= 11 is 0. The van der Waals surface area contributed by atoms with Gasteiger partial charge in [-0.25, -0.2) is 12.7 Å². The van der Waals surface area contributed by atoms with E-state index in [2.05, 4.69) is 6.92 Å². The van der Waals surface area contributed by atoms with E-state index in [4.69, 9.17) is 0 Å². The number of rotatable bonds is 3. The molecular formula is C12H20F3NO2S. The van der Waals surface area contributed by atoms with Gasteiger partial charge in [-0.15, -0.1) is 0 Å². The second-order valence-corrected chi connectivity index (χ2v) is 8.20. The minimum atomic E-state index is -4.41. The van der Waals surface area contributed by atoms with Gasteiger partial charge in [-0.3, -0.25) is 0 Å². The Kier molecular flexibility index (Phi) is 3.90. The Morgan fingerprint density at radius 2 is 2.00 bits per heavy atom. The summed E-state index contributed by atoms with van der Waals surface area (Å²) in [4.78, 5) is 0. The number of sulfonamides is 1. The average molecular weight is 299 g/mol. The molecule has 2 fully saturated rings. The summed E-state index contributed by atoms with van der Waals surface area (Å²) in [6.07, 6.45) is -1.78. The molecule has 0 aromatic heterocycles. The number of hydrogen-bond acceptors (Lipinski definition) is 2. The van der Waals surface area contributed by atoms with Crippen LogP contribution in [0.2, 0.25) is 0 Å². The second kappa shape index (κ2) is 4.91.